The van der Waals surface area contributed by atoms with E-state index in [-0.39, 0.29) is 0 Å². The summed E-state index contributed by atoms with van der Waals surface area (Å²) in [5.41, 5.74) is 9.68. The molecule has 0 saturated carbocycles. The maximum Gasteiger partial charge on any atom is 0.337 e. The quantitative estimate of drug-likeness (QED) is 0.659. The Labute approximate surface area is 117 Å². The van der Waals surface area contributed by atoms with Gasteiger partial charge in [-0.3, -0.25) is 4.98 Å². The van der Waals surface area contributed by atoms with E-state index in [4.69, 9.17) is 5.73 Å². The van der Waals surface area contributed by atoms with Crippen molar-refractivity contribution in [2.75, 3.05) is 18.2 Å². The number of methoxy groups -OCH3 is 1. The maximum atomic E-state index is 11.4. The van der Waals surface area contributed by atoms with E-state index in [1.807, 2.05) is 25.3 Å². The van der Waals surface area contributed by atoms with Crippen molar-refractivity contribution in [1.29, 1.82) is 0 Å². The van der Waals surface area contributed by atoms with Crippen molar-refractivity contribution >= 4 is 17.3 Å². The van der Waals surface area contributed by atoms with Crippen LogP contribution in [0.4, 0.5) is 11.4 Å². The number of carbonyl (C=O) groups excluding carboxylic acids is 1. The Morgan fingerprint density at radius 2 is 2.15 bits per heavy atom. The van der Waals surface area contributed by atoms with Crippen molar-refractivity contribution in [1.82, 2.24) is 4.98 Å². The number of aryl methyl sites for hydroxylation is 1. The molecule has 2 rings (SSSR count). The van der Waals surface area contributed by atoms with Gasteiger partial charge in [-0.05, 0) is 36.8 Å². The van der Waals surface area contributed by atoms with Crippen LogP contribution in [0, 0.1) is 6.92 Å². The van der Waals surface area contributed by atoms with Crippen molar-refractivity contribution in [2.24, 2.45) is 0 Å². The van der Waals surface area contributed by atoms with Gasteiger partial charge in [-0.15, -0.1) is 0 Å². The second-order valence-corrected chi connectivity index (χ2v) is 4.45. The van der Waals surface area contributed by atoms with Crippen LogP contribution in [-0.4, -0.2) is 18.1 Å². The molecule has 0 amide bonds. The highest BCUT2D eigenvalue weighted by Gasteiger charge is 2.07. The first-order chi connectivity index (χ1) is 9.60. The molecule has 20 heavy (non-hydrogen) atoms. The molecule has 0 saturated heterocycles. The lowest BCUT2D eigenvalue weighted by Gasteiger charge is -2.10. The van der Waals surface area contributed by atoms with Crippen molar-refractivity contribution in [3.05, 3.63) is 53.3 Å². The Bertz CT molecular complexity index is 609. The summed E-state index contributed by atoms with van der Waals surface area (Å²) in [6, 6.07) is 9.01. The fraction of sp³-hybridized carbons (Fsp3) is 0.200. The standard InChI is InChI=1S/C15H17N3O2/c1-10-3-4-11(8-17-10)9-18-14-6-5-12(7-13(14)16)15(19)20-2/h3-8,18H,9,16H2,1-2H3. The molecule has 104 valence electrons. The van der Waals surface area contributed by atoms with Gasteiger partial charge in [0, 0.05) is 18.4 Å². The summed E-state index contributed by atoms with van der Waals surface area (Å²) in [4.78, 5) is 15.6. The number of esters is 1. The number of ether oxygens (including phenoxy) is 1. The average Bonchev–Trinajstić information content (AvgIpc) is 2.46. The van der Waals surface area contributed by atoms with Gasteiger partial charge in [0.2, 0.25) is 0 Å². The number of hydrogen-bond acceptors (Lipinski definition) is 5. The fourth-order valence-corrected chi connectivity index (χ4v) is 1.77. The molecular formula is C15H17N3O2. The summed E-state index contributed by atoms with van der Waals surface area (Å²) in [7, 11) is 1.34. The topological polar surface area (TPSA) is 77.2 Å². The number of aromatic nitrogens is 1. The zero-order valence-corrected chi connectivity index (χ0v) is 11.5. The summed E-state index contributed by atoms with van der Waals surface area (Å²) in [6.07, 6.45) is 1.82. The van der Waals surface area contributed by atoms with E-state index < -0.39 is 5.97 Å². The zero-order chi connectivity index (χ0) is 14.5. The Kier molecular flexibility index (Phi) is 4.20. The van der Waals surface area contributed by atoms with Gasteiger partial charge >= 0.3 is 5.97 Å². The minimum absolute atomic E-state index is 0.397. The number of rotatable bonds is 4. The summed E-state index contributed by atoms with van der Waals surface area (Å²) >= 11 is 0. The van der Waals surface area contributed by atoms with Gasteiger partial charge in [0.05, 0.1) is 24.0 Å². The van der Waals surface area contributed by atoms with Gasteiger partial charge < -0.3 is 15.8 Å². The molecular weight excluding hydrogens is 254 g/mol. The van der Waals surface area contributed by atoms with Crippen LogP contribution in [0.2, 0.25) is 0 Å². The zero-order valence-electron chi connectivity index (χ0n) is 11.5. The Balaban J connectivity index is 2.06. The van der Waals surface area contributed by atoms with Crippen LogP contribution in [-0.2, 0) is 11.3 Å². The molecule has 0 aliphatic heterocycles. The number of hydrogen-bond donors (Lipinski definition) is 2. The van der Waals surface area contributed by atoms with Crippen LogP contribution in [0.5, 0.6) is 0 Å². The van der Waals surface area contributed by atoms with Gasteiger partial charge in [-0.25, -0.2) is 4.79 Å². The maximum absolute atomic E-state index is 11.4. The molecule has 5 nitrogen and oxygen atoms in total. The summed E-state index contributed by atoms with van der Waals surface area (Å²) in [5.74, 6) is -0.397. The van der Waals surface area contributed by atoms with Gasteiger partial charge in [0.15, 0.2) is 0 Å². The number of nitrogens with zero attached hydrogens (tertiary/aromatic N) is 1. The number of pyridine rings is 1. The molecule has 0 atom stereocenters. The minimum Gasteiger partial charge on any atom is -0.465 e. The molecule has 1 aromatic carbocycles. The third-order valence-electron chi connectivity index (χ3n) is 2.93. The first-order valence-electron chi connectivity index (χ1n) is 6.23. The largest absolute Gasteiger partial charge is 0.465 e. The van der Waals surface area contributed by atoms with Gasteiger partial charge in [0.1, 0.15) is 0 Å². The van der Waals surface area contributed by atoms with Crippen LogP contribution in [0.15, 0.2) is 36.5 Å². The van der Waals surface area contributed by atoms with Crippen molar-refractivity contribution < 1.29 is 9.53 Å². The first-order valence-corrected chi connectivity index (χ1v) is 6.23. The third kappa shape index (κ3) is 3.26. The molecule has 0 aliphatic rings. The second-order valence-electron chi connectivity index (χ2n) is 4.45. The lowest BCUT2D eigenvalue weighted by Crippen LogP contribution is -2.06. The third-order valence-corrected chi connectivity index (χ3v) is 2.93. The Morgan fingerprint density at radius 3 is 2.75 bits per heavy atom. The molecule has 0 aliphatic carbocycles. The molecule has 5 heteroatoms. The first kappa shape index (κ1) is 13.9. The van der Waals surface area contributed by atoms with E-state index >= 15 is 0 Å². The molecule has 0 fully saturated rings. The molecule has 1 heterocycles. The smallest absolute Gasteiger partial charge is 0.337 e. The van der Waals surface area contributed by atoms with Crippen LogP contribution < -0.4 is 11.1 Å². The monoisotopic (exact) mass is 271 g/mol. The second kappa shape index (κ2) is 6.06. The molecule has 0 unspecified atom stereocenters. The molecule has 0 bridgehead atoms. The van der Waals surface area contributed by atoms with Gasteiger partial charge in [-0.2, -0.15) is 0 Å². The van der Waals surface area contributed by atoms with E-state index in [0.29, 0.717) is 17.8 Å². The van der Waals surface area contributed by atoms with E-state index in [2.05, 4.69) is 15.0 Å². The predicted octanol–water partition coefficient (Wildman–Crippen LogP) is 2.37. The van der Waals surface area contributed by atoms with E-state index in [1.54, 1.807) is 18.2 Å². The minimum atomic E-state index is -0.397. The van der Waals surface area contributed by atoms with Gasteiger partial charge in [-0.1, -0.05) is 6.07 Å². The van der Waals surface area contributed by atoms with Crippen LogP contribution in [0.3, 0.4) is 0 Å². The number of benzene rings is 1. The molecule has 0 spiro atoms. The van der Waals surface area contributed by atoms with Crippen LogP contribution in [0.25, 0.3) is 0 Å². The van der Waals surface area contributed by atoms with Crippen molar-refractivity contribution in [2.45, 2.75) is 13.5 Å². The number of nitrogen functional groups attached to an aromatic ring is 1. The van der Waals surface area contributed by atoms with Crippen LogP contribution in [0.1, 0.15) is 21.6 Å². The lowest BCUT2D eigenvalue weighted by atomic mass is 10.1. The molecule has 3 N–H and O–H groups in total. The number of anilines is 2. The average molecular weight is 271 g/mol. The fourth-order valence-electron chi connectivity index (χ4n) is 1.77. The molecule has 2 aromatic rings. The SMILES string of the molecule is COC(=O)c1ccc(NCc2ccc(C)nc2)c(N)c1. The summed E-state index contributed by atoms with van der Waals surface area (Å²) in [5, 5.41) is 3.22. The summed E-state index contributed by atoms with van der Waals surface area (Å²) < 4.78 is 4.65. The van der Waals surface area contributed by atoms with Crippen molar-refractivity contribution in [3.63, 3.8) is 0 Å². The highest BCUT2D eigenvalue weighted by Crippen LogP contribution is 2.21. The van der Waals surface area contributed by atoms with Crippen LogP contribution >= 0.6 is 0 Å². The normalized spacial score (nSPS) is 10.1. The van der Waals surface area contributed by atoms with Gasteiger partial charge in [0.25, 0.3) is 0 Å². The number of nitrogens with one attached hydrogen (secondary N) is 1. The van der Waals surface area contributed by atoms with E-state index in [9.17, 15) is 4.79 Å². The number of carbonyl (C=O) groups is 1. The van der Waals surface area contributed by atoms with E-state index in [1.165, 1.54) is 7.11 Å². The number of nitrogens with two attached hydrogens (primary N) is 1. The highest BCUT2D eigenvalue weighted by molar-refractivity contribution is 5.91. The molecule has 0 radical (unpaired) electrons. The Hall–Kier alpha value is -2.56. The van der Waals surface area contributed by atoms with Crippen molar-refractivity contribution in [3.8, 4) is 0 Å². The summed E-state index contributed by atoms with van der Waals surface area (Å²) in [6.45, 7) is 2.57. The Morgan fingerprint density at radius 1 is 1.35 bits per heavy atom. The lowest BCUT2D eigenvalue weighted by molar-refractivity contribution is 0.0601. The molecule has 1 aromatic heterocycles. The van der Waals surface area contributed by atoms with E-state index in [0.717, 1.165) is 16.9 Å². The highest BCUT2D eigenvalue weighted by atomic mass is 16.5. The predicted molar refractivity (Wildman–Crippen MR) is 78.5 cm³/mol.